The summed E-state index contributed by atoms with van der Waals surface area (Å²) < 4.78 is 33.1. The van der Waals surface area contributed by atoms with Gasteiger partial charge in [0.2, 0.25) is 10.0 Å². The summed E-state index contributed by atoms with van der Waals surface area (Å²) in [5.41, 5.74) is 6.13. The van der Waals surface area contributed by atoms with Crippen LogP contribution in [0.1, 0.15) is 12.8 Å². The monoisotopic (exact) mass is 346 g/mol. The summed E-state index contributed by atoms with van der Waals surface area (Å²) in [4.78, 5) is 0.230. The van der Waals surface area contributed by atoms with Crippen molar-refractivity contribution in [2.45, 2.75) is 29.9 Å². The van der Waals surface area contributed by atoms with Crippen LogP contribution in [-0.4, -0.2) is 38.0 Å². The zero-order valence-electron chi connectivity index (χ0n) is 10.3. The number of benzene rings is 1. The molecule has 3 rings (SSSR count). The van der Waals surface area contributed by atoms with E-state index in [9.17, 15) is 8.42 Å². The predicted octanol–water partition coefficient (Wildman–Crippen LogP) is 1.58. The Labute approximate surface area is 120 Å². The topological polar surface area (TPSA) is 72.6 Å². The second-order valence-electron chi connectivity index (χ2n) is 4.97. The normalized spacial score (nSPS) is 27.6. The van der Waals surface area contributed by atoms with Gasteiger partial charge in [-0.1, -0.05) is 0 Å². The number of halogens is 1. The molecule has 2 aliphatic rings. The first-order valence-corrected chi connectivity index (χ1v) is 8.41. The molecular weight excluding hydrogens is 332 g/mol. The third-order valence-electron chi connectivity index (χ3n) is 3.58. The van der Waals surface area contributed by atoms with Crippen LogP contribution in [0.25, 0.3) is 0 Å². The van der Waals surface area contributed by atoms with Crippen LogP contribution in [0.3, 0.4) is 0 Å². The molecule has 2 N–H and O–H groups in total. The average molecular weight is 347 g/mol. The van der Waals surface area contributed by atoms with Crippen molar-refractivity contribution in [1.29, 1.82) is 0 Å². The zero-order chi connectivity index (χ0) is 13.6. The molecule has 19 heavy (non-hydrogen) atoms. The molecule has 0 radical (unpaired) electrons. The molecule has 2 aliphatic heterocycles. The van der Waals surface area contributed by atoms with Gasteiger partial charge in [-0.3, -0.25) is 0 Å². The molecule has 0 aliphatic carbocycles. The highest BCUT2D eigenvalue weighted by Crippen LogP contribution is 2.32. The van der Waals surface area contributed by atoms with E-state index in [4.69, 9.17) is 10.5 Å². The Morgan fingerprint density at radius 2 is 1.89 bits per heavy atom. The lowest BCUT2D eigenvalue weighted by Crippen LogP contribution is -2.45. The van der Waals surface area contributed by atoms with Crippen molar-refractivity contribution < 1.29 is 13.2 Å². The van der Waals surface area contributed by atoms with Crippen molar-refractivity contribution in [1.82, 2.24) is 4.31 Å². The van der Waals surface area contributed by atoms with E-state index < -0.39 is 10.0 Å². The number of ether oxygens (including phenoxy) is 1. The lowest BCUT2D eigenvalue weighted by atomic mass is 10.2. The summed E-state index contributed by atoms with van der Waals surface area (Å²) >= 11 is 3.29. The molecule has 2 saturated heterocycles. The second kappa shape index (κ2) is 4.73. The number of nitrogen functional groups attached to an aromatic ring is 1. The summed E-state index contributed by atoms with van der Waals surface area (Å²) in [6, 6.07) is 4.83. The highest BCUT2D eigenvalue weighted by Gasteiger charge is 2.39. The van der Waals surface area contributed by atoms with E-state index in [-0.39, 0.29) is 17.1 Å². The maximum atomic E-state index is 12.7. The van der Waals surface area contributed by atoms with Gasteiger partial charge < -0.3 is 10.5 Å². The van der Waals surface area contributed by atoms with Crippen molar-refractivity contribution >= 4 is 31.6 Å². The Morgan fingerprint density at radius 1 is 1.26 bits per heavy atom. The first-order chi connectivity index (χ1) is 8.96. The van der Waals surface area contributed by atoms with E-state index >= 15 is 0 Å². The van der Waals surface area contributed by atoms with Gasteiger partial charge in [0.25, 0.3) is 0 Å². The third-order valence-corrected chi connectivity index (χ3v) is 6.41. The minimum atomic E-state index is -3.51. The molecule has 1 aromatic carbocycles. The van der Waals surface area contributed by atoms with Crippen LogP contribution in [0.15, 0.2) is 27.6 Å². The van der Waals surface area contributed by atoms with E-state index in [1.165, 1.54) is 10.4 Å². The maximum Gasteiger partial charge on any atom is 0.244 e. The van der Waals surface area contributed by atoms with Crippen LogP contribution in [0.2, 0.25) is 0 Å². The Morgan fingerprint density at radius 3 is 2.53 bits per heavy atom. The van der Waals surface area contributed by atoms with Crippen molar-refractivity contribution in [3.63, 3.8) is 0 Å². The molecule has 7 heteroatoms. The highest BCUT2D eigenvalue weighted by molar-refractivity contribution is 9.10. The molecule has 0 spiro atoms. The Bertz CT molecular complexity index is 593. The second-order valence-corrected chi connectivity index (χ2v) is 7.73. The fourth-order valence-electron chi connectivity index (χ4n) is 2.63. The molecule has 2 unspecified atom stereocenters. The van der Waals surface area contributed by atoms with E-state index in [1.54, 1.807) is 12.1 Å². The van der Waals surface area contributed by atoms with Crippen LogP contribution in [0.5, 0.6) is 0 Å². The van der Waals surface area contributed by atoms with E-state index in [2.05, 4.69) is 15.9 Å². The number of nitrogens with two attached hydrogens (primary N) is 1. The average Bonchev–Trinajstić information content (AvgIpc) is 2.71. The number of hydrogen-bond acceptors (Lipinski definition) is 4. The van der Waals surface area contributed by atoms with Crippen LogP contribution in [0.4, 0.5) is 5.69 Å². The molecule has 2 fully saturated rings. The molecule has 0 saturated carbocycles. The molecule has 2 atom stereocenters. The highest BCUT2D eigenvalue weighted by atomic mass is 79.9. The Balaban J connectivity index is 1.96. The molecule has 0 aromatic heterocycles. The van der Waals surface area contributed by atoms with Crippen LogP contribution in [-0.2, 0) is 14.8 Å². The lowest BCUT2D eigenvalue weighted by molar-refractivity contribution is -0.0114. The van der Waals surface area contributed by atoms with Gasteiger partial charge in [-0.25, -0.2) is 8.42 Å². The van der Waals surface area contributed by atoms with Crippen molar-refractivity contribution in [2.24, 2.45) is 0 Å². The van der Waals surface area contributed by atoms with Crippen molar-refractivity contribution in [2.75, 3.05) is 18.8 Å². The molecule has 5 nitrogen and oxygen atoms in total. The number of fused-ring (bicyclic) bond motifs is 2. The quantitative estimate of drug-likeness (QED) is 0.825. The number of sulfonamides is 1. The molecule has 0 amide bonds. The predicted molar refractivity (Wildman–Crippen MR) is 75.2 cm³/mol. The van der Waals surface area contributed by atoms with E-state index in [1.807, 2.05) is 0 Å². The van der Waals surface area contributed by atoms with Gasteiger partial charge in [-0.05, 0) is 47.0 Å². The van der Waals surface area contributed by atoms with Gasteiger partial charge in [0.1, 0.15) is 0 Å². The summed E-state index contributed by atoms with van der Waals surface area (Å²) in [6.07, 6.45) is 1.95. The number of rotatable bonds is 2. The minimum Gasteiger partial charge on any atom is -0.399 e. The SMILES string of the molecule is Nc1ccc(Br)c(S(=O)(=O)N2CC3CCC(C2)O3)c1. The number of morpholine rings is 1. The summed E-state index contributed by atoms with van der Waals surface area (Å²) in [5.74, 6) is 0. The molecular formula is C12H15BrN2O3S. The van der Waals surface area contributed by atoms with Crippen LogP contribution >= 0.6 is 15.9 Å². The lowest BCUT2D eigenvalue weighted by Gasteiger charge is -2.31. The van der Waals surface area contributed by atoms with E-state index in [0.29, 0.717) is 23.2 Å². The molecule has 2 bridgehead atoms. The van der Waals surface area contributed by atoms with Crippen LogP contribution < -0.4 is 5.73 Å². The summed E-state index contributed by atoms with van der Waals surface area (Å²) in [6.45, 7) is 0.861. The van der Waals surface area contributed by atoms with E-state index in [0.717, 1.165) is 12.8 Å². The van der Waals surface area contributed by atoms with Crippen molar-refractivity contribution in [3.05, 3.63) is 22.7 Å². The fourth-order valence-corrected chi connectivity index (χ4v) is 5.09. The number of anilines is 1. The van der Waals surface area contributed by atoms with Crippen LogP contribution in [0, 0.1) is 0 Å². The Hall–Kier alpha value is -0.630. The van der Waals surface area contributed by atoms with Gasteiger partial charge in [0.15, 0.2) is 0 Å². The first kappa shape index (κ1) is 13.4. The summed E-state index contributed by atoms with van der Waals surface area (Å²) in [5, 5.41) is 0. The largest absolute Gasteiger partial charge is 0.399 e. The molecule has 104 valence electrons. The van der Waals surface area contributed by atoms with Gasteiger partial charge in [-0.2, -0.15) is 4.31 Å². The molecule has 2 heterocycles. The molecule has 1 aromatic rings. The zero-order valence-corrected chi connectivity index (χ0v) is 12.7. The standard InChI is InChI=1S/C12H15BrN2O3S/c13-11-4-1-8(14)5-12(11)19(16,17)15-6-9-2-3-10(7-15)18-9/h1,4-5,9-10H,2-3,6-7,14H2. The number of nitrogens with zero attached hydrogens (tertiary/aromatic N) is 1. The Kier molecular flexibility index (Phi) is 3.33. The van der Waals surface area contributed by atoms with Gasteiger partial charge in [0, 0.05) is 23.2 Å². The first-order valence-electron chi connectivity index (χ1n) is 6.17. The smallest absolute Gasteiger partial charge is 0.244 e. The number of hydrogen-bond donors (Lipinski definition) is 1. The summed E-state index contributed by atoms with van der Waals surface area (Å²) in [7, 11) is -3.51. The van der Waals surface area contributed by atoms with Gasteiger partial charge in [0.05, 0.1) is 17.1 Å². The van der Waals surface area contributed by atoms with Gasteiger partial charge in [-0.15, -0.1) is 0 Å². The maximum absolute atomic E-state index is 12.7. The minimum absolute atomic E-state index is 0.0355. The fraction of sp³-hybridized carbons (Fsp3) is 0.500. The van der Waals surface area contributed by atoms with Crippen molar-refractivity contribution in [3.8, 4) is 0 Å². The third kappa shape index (κ3) is 2.40. The van der Waals surface area contributed by atoms with Gasteiger partial charge >= 0.3 is 0 Å².